The molecule has 0 aliphatic rings. The minimum absolute atomic E-state index is 0.247. The summed E-state index contributed by atoms with van der Waals surface area (Å²) in [4.78, 5) is 12.0. The standard InChI is InChI=1S/C23H17Cl2FN4O/c1-13(2)12-31-22-21(27-3)17(16-6-5-15(24)8-18(16)25)11-30-19(10-29-23(22)30)14-4-7-20(26)28-9-14/h4-11,13H,12H2,1-2H3. The maximum Gasteiger partial charge on any atom is 0.241 e. The molecule has 0 saturated heterocycles. The van der Waals surface area contributed by atoms with Crippen molar-refractivity contribution in [2.45, 2.75) is 13.8 Å². The number of ether oxygens (including phenoxy) is 1. The molecule has 156 valence electrons. The van der Waals surface area contributed by atoms with E-state index in [4.69, 9.17) is 34.5 Å². The molecule has 0 unspecified atom stereocenters. The fourth-order valence-corrected chi connectivity index (χ4v) is 3.73. The summed E-state index contributed by atoms with van der Waals surface area (Å²) in [5.41, 5.74) is 3.38. The van der Waals surface area contributed by atoms with Crippen molar-refractivity contribution >= 4 is 34.5 Å². The largest absolute Gasteiger partial charge is 0.501 e. The molecule has 0 N–H and O–H groups in total. The number of fused-ring (bicyclic) bond motifs is 1. The van der Waals surface area contributed by atoms with E-state index in [9.17, 15) is 4.39 Å². The van der Waals surface area contributed by atoms with E-state index in [0.29, 0.717) is 56.1 Å². The number of pyridine rings is 2. The van der Waals surface area contributed by atoms with Crippen LogP contribution in [0.4, 0.5) is 10.1 Å². The first-order valence-corrected chi connectivity index (χ1v) is 10.3. The molecule has 3 aromatic heterocycles. The van der Waals surface area contributed by atoms with E-state index in [1.807, 2.05) is 13.8 Å². The van der Waals surface area contributed by atoms with Crippen molar-refractivity contribution in [3.63, 3.8) is 0 Å². The van der Waals surface area contributed by atoms with Crippen LogP contribution in [0.3, 0.4) is 0 Å². The van der Waals surface area contributed by atoms with Gasteiger partial charge in [0.25, 0.3) is 0 Å². The SMILES string of the molecule is [C-]#[N+]c1c(-c2ccc(Cl)cc2Cl)cn2c(-c3ccc(F)nc3)cnc2c1OCC(C)C. The molecule has 0 aliphatic carbocycles. The molecule has 0 radical (unpaired) electrons. The lowest BCUT2D eigenvalue weighted by atomic mass is 10.0. The Bertz CT molecular complexity index is 1310. The van der Waals surface area contributed by atoms with Gasteiger partial charge < -0.3 is 4.74 Å². The summed E-state index contributed by atoms with van der Waals surface area (Å²) in [6.45, 7) is 12.3. The molecule has 5 nitrogen and oxygen atoms in total. The highest BCUT2D eigenvalue weighted by molar-refractivity contribution is 6.36. The third kappa shape index (κ3) is 4.07. The predicted molar refractivity (Wildman–Crippen MR) is 120 cm³/mol. The Morgan fingerprint density at radius 2 is 1.94 bits per heavy atom. The van der Waals surface area contributed by atoms with Gasteiger partial charge in [0.1, 0.15) is 0 Å². The van der Waals surface area contributed by atoms with Gasteiger partial charge in [-0.1, -0.05) is 43.1 Å². The van der Waals surface area contributed by atoms with E-state index in [1.165, 1.54) is 12.3 Å². The second kappa shape index (κ2) is 8.54. The summed E-state index contributed by atoms with van der Waals surface area (Å²) < 4.78 is 21.2. The van der Waals surface area contributed by atoms with Gasteiger partial charge in [-0.3, -0.25) is 4.40 Å². The van der Waals surface area contributed by atoms with Crippen LogP contribution in [0.1, 0.15) is 13.8 Å². The third-order valence-corrected chi connectivity index (χ3v) is 5.19. The summed E-state index contributed by atoms with van der Waals surface area (Å²) in [7, 11) is 0. The van der Waals surface area contributed by atoms with Crippen LogP contribution in [0, 0.1) is 18.4 Å². The smallest absolute Gasteiger partial charge is 0.241 e. The number of benzene rings is 1. The Morgan fingerprint density at radius 3 is 2.58 bits per heavy atom. The van der Waals surface area contributed by atoms with Gasteiger partial charge in [0.15, 0.2) is 11.4 Å². The average molecular weight is 455 g/mol. The zero-order chi connectivity index (χ0) is 22.1. The minimum atomic E-state index is -0.567. The fraction of sp³-hybridized carbons (Fsp3) is 0.174. The van der Waals surface area contributed by atoms with E-state index in [0.717, 1.165) is 0 Å². The van der Waals surface area contributed by atoms with Crippen molar-refractivity contribution in [1.82, 2.24) is 14.4 Å². The Morgan fingerprint density at radius 1 is 1.13 bits per heavy atom. The monoisotopic (exact) mass is 454 g/mol. The number of rotatable bonds is 5. The Labute approximate surface area is 188 Å². The minimum Gasteiger partial charge on any atom is -0.501 e. The van der Waals surface area contributed by atoms with Crippen molar-refractivity contribution in [3.05, 3.63) is 76.3 Å². The zero-order valence-corrected chi connectivity index (χ0v) is 18.2. The highest BCUT2D eigenvalue weighted by atomic mass is 35.5. The van der Waals surface area contributed by atoms with Gasteiger partial charge in [0.2, 0.25) is 11.6 Å². The first-order chi connectivity index (χ1) is 14.9. The molecule has 4 aromatic rings. The Kier molecular flexibility index (Phi) is 5.81. The van der Waals surface area contributed by atoms with Gasteiger partial charge in [-0.15, -0.1) is 0 Å². The Hall–Kier alpha value is -3.14. The fourth-order valence-electron chi connectivity index (χ4n) is 3.22. The van der Waals surface area contributed by atoms with Crippen LogP contribution in [0.25, 0.3) is 32.9 Å². The normalized spacial score (nSPS) is 11.1. The molecule has 4 rings (SSSR count). The molecule has 0 aliphatic heterocycles. The van der Waals surface area contributed by atoms with Gasteiger partial charge in [0.05, 0.1) is 25.1 Å². The second-order valence-electron chi connectivity index (χ2n) is 7.37. The van der Waals surface area contributed by atoms with Crippen molar-refractivity contribution in [2.75, 3.05) is 6.61 Å². The molecule has 0 spiro atoms. The number of hydrogen-bond acceptors (Lipinski definition) is 3. The molecule has 31 heavy (non-hydrogen) atoms. The van der Waals surface area contributed by atoms with E-state index in [1.54, 1.807) is 41.1 Å². The lowest BCUT2D eigenvalue weighted by Gasteiger charge is -2.16. The molecule has 8 heteroatoms. The quantitative estimate of drug-likeness (QED) is 0.238. The van der Waals surface area contributed by atoms with E-state index in [-0.39, 0.29) is 5.92 Å². The molecular weight excluding hydrogens is 438 g/mol. The predicted octanol–water partition coefficient (Wildman–Crippen LogP) is 7.09. The van der Waals surface area contributed by atoms with Gasteiger partial charge in [0, 0.05) is 33.6 Å². The zero-order valence-electron chi connectivity index (χ0n) is 16.7. The maximum atomic E-state index is 13.3. The van der Waals surface area contributed by atoms with Crippen LogP contribution >= 0.6 is 23.2 Å². The first-order valence-electron chi connectivity index (χ1n) is 9.50. The highest BCUT2D eigenvalue weighted by Crippen LogP contribution is 2.44. The van der Waals surface area contributed by atoms with Crippen molar-refractivity contribution in [1.29, 1.82) is 0 Å². The van der Waals surface area contributed by atoms with Crippen LogP contribution < -0.4 is 4.74 Å². The number of aromatic nitrogens is 3. The maximum absolute atomic E-state index is 13.3. The molecule has 1 aromatic carbocycles. The molecule has 0 atom stereocenters. The van der Waals surface area contributed by atoms with Crippen molar-refractivity contribution in [3.8, 4) is 28.1 Å². The Balaban J connectivity index is 2.02. The van der Waals surface area contributed by atoms with E-state index >= 15 is 0 Å². The number of halogens is 3. The second-order valence-corrected chi connectivity index (χ2v) is 8.21. The summed E-state index contributed by atoms with van der Waals surface area (Å²) in [6.07, 6.45) is 4.87. The number of imidazole rings is 1. The molecule has 0 fully saturated rings. The summed E-state index contributed by atoms with van der Waals surface area (Å²) in [6, 6.07) is 8.02. The van der Waals surface area contributed by atoms with Crippen LogP contribution in [0.5, 0.6) is 5.75 Å². The molecular formula is C23H17Cl2FN4O. The molecule has 3 heterocycles. The lowest BCUT2D eigenvalue weighted by molar-refractivity contribution is 0.274. The van der Waals surface area contributed by atoms with Crippen LogP contribution in [0.2, 0.25) is 10.0 Å². The van der Waals surface area contributed by atoms with Gasteiger partial charge in [-0.05, 0) is 35.7 Å². The lowest BCUT2D eigenvalue weighted by Crippen LogP contribution is -2.06. The van der Waals surface area contributed by atoms with Gasteiger partial charge >= 0.3 is 0 Å². The molecule has 0 saturated carbocycles. The van der Waals surface area contributed by atoms with Gasteiger partial charge in [-0.25, -0.2) is 14.8 Å². The summed E-state index contributed by atoms with van der Waals surface area (Å²) >= 11 is 12.5. The van der Waals surface area contributed by atoms with Crippen LogP contribution in [0.15, 0.2) is 48.9 Å². The number of hydrogen-bond donors (Lipinski definition) is 0. The number of nitrogens with zero attached hydrogens (tertiary/aromatic N) is 4. The molecule has 0 amide bonds. The van der Waals surface area contributed by atoms with E-state index < -0.39 is 5.95 Å². The van der Waals surface area contributed by atoms with Crippen LogP contribution in [-0.4, -0.2) is 21.0 Å². The molecule has 0 bridgehead atoms. The summed E-state index contributed by atoms with van der Waals surface area (Å²) in [5.74, 6) is 0.0492. The van der Waals surface area contributed by atoms with Crippen molar-refractivity contribution in [2.24, 2.45) is 5.92 Å². The van der Waals surface area contributed by atoms with E-state index in [2.05, 4.69) is 14.8 Å². The average Bonchev–Trinajstić information content (AvgIpc) is 3.15. The highest BCUT2D eigenvalue weighted by Gasteiger charge is 2.22. The van der Waals surface area contributed by atoms with Gasteiger partial charge in [-0.2, -0.15) is 4.39 Å². The van der Waals surface area contributed by atoms with Crippen molar-refractivity contribution < 1.29 is 9.13 Å². The third-order valence-electron chi connectivity index (χ3n) is 4.65. The van der Waals surface area contributed by atoms with Crippen LogP contribution in [-0.2, 0) is 0 Å². The summed E-state index contributed by atoms with van der Waals surface area (Å²) in [5, 5.41) is 0.910. The topological polar surface area (TPSA) is 43.8 Å². The first kappa shape index (κ1) is 21.1.